The molecule has 0 fully saturated rings. The van der Waals surface area contributed by atoms with Crippen molar-refractivity contribution in [3.8, 4) is 22.5 Å². The van der Waals surface area contributed by atoms with E-state index in [9.17, 15) is 0 Å². The number of aromatic nitrogens is 2. The predicted octanol–water partition coefficient (Wildman–Crippen LogP) is 4.40. The quantitative estimate of drug-likeness (QED) is 0.636. The lowest BCUT2D eigenvalue weighted by atomic mass is 10.1. The molecule has 0 atom stereocenters. The van der Waals surface area contributed by atoms with Gasteiger partial charge in [-0.05, 0) is 11.6 Å². The van der Waals surface area contributed by atoms with E-state index in [1.807, 2.05) is 47.2 Å². The first-order valence-electron chi connectivity index (χ1n) is 6.68. The van der Waals surface area contributed by atoms with Crippen LogP contribution in [0.1, 0.15) is 0 Å². The fourth-order valence-electron chi connectivity index (χ4n) is 2.27. The molecule has 3 rings (SSSR count). The molecule has 0 bridgehead atoms. The average molecular weight is 260 g/mol. The van der Waals surface area contributed by atoms with Crippen LogP contribution in [0.3, 0.4) is 0 Å². The SMILES string of the molecule is C=CCn1nc(-c2ccccc2)cc1-c1ccccc1. The third kappa shape index (κ3) is 2.41. The topological polar surface area (TPSA) is 17.8 Å². The van der Waals surface area contributed by atoms with E-state index in [1.54, 1.807) is 0 Å². The molecule has 0 spiro atoms. The minimum absolute atomic E-state index is 0.705. The highest BCUT2D eigenvalue weighted by Gasteiger charge is 2.10. The lowest BCUT2D eigenvalue weighted by Gasteiger charge is -2.03. The number of rotatable bonds is 4. The highest BCUT2D eigenvalue weighted by atomic mass is 15.3. The van der Waals surface area contributed by atoms with Gasteiger partial charge in [-0.1, -0.05) is 66.7 Å². The molecule has 0 N–H and O–H groups in total. The second-order valence-electron chi connectivity index (χ2n) is 4.62. The summed E-state index contributed by atoms with van der Waals surface area (Å²) >= 11 is 0. The van der Waals surface area contributed by atoms with Gasteiger partial charge in [-0.2, -0.15) is 5.10 Å². The zero-order valence-corrected chi connectivity index (χ0v) is 11.2. The van der Waals surface area contributed by atoms with Crippen molar-refractivity contribution < 1.29 is 0 Å². The third-order valence-corrected chi connectivity index (χ3v) is 3.22. The molecular formula is C18H16N2. The Balaban J connectivity index is 2.10. The predicted molar refractivity (Wildman–Crippen MR) is 83.3 cm³/mol. The standard InChI is InChI=1S/C18H16N2/c1-2-13-20-18(16-11-7-4-8-12-16)14-17(19-20)15-9-5-3-6-10-15/h2-12,14H,1,13H2. The summed E-state index contributed by atoms with van der Waals surface area (Å²) in [4.78, 5) is 0. The van der Waals surface area contributed by atoms with Gasteiger partial charge in [-0.25, -0.2) is 0 Å². The maximum absolute atomic E-state index is 4.69. The van der Waals surface area contributed by atoms with Gasteiger partial charge in [0.05, 0.1) is 17.9 Å². The van der Waals surface area contributed by atoms with Crippen molar-refractivity contribution in [2.24, 2.45) is 0 Å². The van der Waals surface area contributed by atoms with E-state index < -0.39 is 0 Å². The molecule has 0 aliphatic rings. The van der Waals surface area contributed by atoms with Crippen LogP contribution in [0.4, 0.5) is 0 Å². The first kappa shape index (κ1) is 12.4. The molecule has 0 amide bonds. The zero-order valence-electron chi connectivity index (χ0n) is 11.2. The highest BCUT2D eigenvalue weighted by molar-refractivity contribution is 5.68. The Labute approximate surface area is 119 Å². The summed E-state index contributed by atoms with van der Waals surface area (Å²) in [5, 5.41) is 4.69. The van der Waals surface area contributed by atoms with Gasteiger partial charge in [0.2, 0.25) is 0 Å². The van der Waals surface area contributed by atoms with E-state index in [2.05, 4.69) is 36.9 Å². The molecule has 1 aromatic heterocycles. The Kier molecular flexibility index (Phi) is 3.46. The van der Waals surface area contributed by atoms with Crippen LogP contribution in [0.5, 0.6) is 0 Å². The molecule has 0 aliphatic carbocycles. The van der Waals surface area contributed by atoms with E-state index in [-0.39, 0.29) is 0 Å². The van der Waals surface area contributed by atoms with E-state index >= 15 is 0 Å². The summed E-state index contributed by atoms with van der Waals surface area (Å²) in [5.74, 6) is 0. The van der Waals surface area contributed by atoms with E-state index in [4.69, 9.17) is 5.10 Å². The second-order valence-corrected chi connectivity index (χ2v) is 4.62. The third-order valence-electron chi connectivity index (χ3n) is 3.22. The molecule has 0 unspecified atom stereocenters. The van der Waals surface area contributed by atoms with Crippen molar-refractivity contribution in [3.63, 3.8) is 0 Å². The largest absolute Gasteiger partial charge is 0.260 e. The lowest BCUT2D eigenvalue weighted by Crippen LogP contribution is -1.99. The van der Waals surface area contributed by atoms with Gasteiger partial charge in [0.25, 0.3) is 0 Å². The molecule has 2 nitrogen and oxygen atoms in total. The first-order chi connectivity index (χ1) is 9.88. The Bertz CT molecular complexity index is 697. The fourth-order valence-corrected chi connectivity index (χ4v) is 2.27. The van der Waals surface area contributed by atoms with Gasteiger partial charge >= 0.3 is 0 Å². The Hall–Kier alpha value is -2.61. The monoisotopic (exact) mass is 260 g/mol. The van der Waals surface area contributed by atoms with Crippen molar-refractivity contribution in [2.75, 3.05) is 0 Å². The number of nitrogens with zero attached hydrogens (tertiary/aromatic N) is 2. The second kappa shape index (κ2) is 5.57. The van der Waals surface area contributed by atoms with Crippen LogP contribution >= 0.6 is 0 Å². The van der Waals surface area contributed by atoms with Crippen molar-refractivity contribution >= 4 is 0 Å². The van der Waals surface area contributed by atoms with Crippen LogP contribution < -0.4 is 0 Å². The molecule has 98 valence electrons. The average Bonchev–Trinajstić information content (AvgIpc) is 2.94. The fraction of sp³-hybridized carbons (Fsp3) is 0.0556. The van der Waals surface area contributed by atoms with Gasteiger partial charge in [0.15, 0.2) is 0 Å². The maximum atomic E-state index is 4.69. The summed E-state index contributed by atoms with van der Waals surface area (Å²) in [6.07, 6.45) is 1.87. The van der Waals surface area contributed by atoms with E-state index in [0.29, 0.717) is 6.54 Å². The molecule has 0 aliphatic heterocycles. The molecule has 0 saturated heterocycles. The molecule has 2 heteroatoms. The van der Waals surface area contributed by atoms with Gasteiger partial charge < -0.3 is 0 Å². The smallest absolute Gasteiger partial charge is 0.0929 e. The van der Waals surface area contributed by atoms with Gasteiger partial charge in [-0.3, -0.25) is 4.68 Å². The normalized spacial score (nSPS) is 10.4. The lowest BCUT2D eigenvalue weighted by molar-refractivity contribution is 0.713. The summed E-state index contributed by atoms with van der Waals surface area (Å²) in [5.41, 5.74) is 4.41. The molecule has 0 radical (unpaired) electrons. The van der Waals surface area contributed by atoms with E-state index in [1.165, 1.54) is 5.56 Å². The molecule has 0 saturated carbocycles. The minimum atomic E-state index is 0.705. The van der Waals surface area contributed by atoms with Crippen LogP contribution in [0.25, 0.3) is 22.5 Å². The minimum Gasteiger partial charge on any atom is -0.260 e. The Morgan fingerprint density at radius 2 is 1.50 bits per heavy atom. The van der Waals surface area contributed by atoms with Crippen LogP contribution in [0.2, 0.25) is 0 Å². The number of allylic oxidation sites excluding steroid dienone is 1. The zero-order chi connectivity index (χ0) is 13.8. The van der Waals surface area contributed by atoms with E-state index in [0.717, 1.165) is 17.0 Å². The molecule has 1 heterocycles. The molecule has 3 aromatic rings. The van der Waals surface area contributed by atoms with Crippen LogP contribution in [-0.2, 0) is 6.54 Å². The number of benzene rings is 2. The van der Waals surface area contributed by atoms with Crippen molar-refractivity contribution in [2.45, 2.75) is 6.54 Å². The highest BCUT2D eigenvalue weighted by Crippen LogP contribution is 2.26. The number of hydrogen-bond donors (Lipinski definition) is 0. The van der Waals surface area contributed by atoms with Gasteiger partial charge in [0, 0.05) is 5.56 Å². The maximum Gasteiger partial charge on any atom is 0.0929 e. The molecular weight excluding hydrogens is 244 g/mol. The van der Waals surface area contributed by atoms with Crippen LogP contribution in [0.15, 0.2) is 79.4 Å². The van der Waals surface area contributed by atoms with Crippen LogP contribution in [-0.4, -0.2) is 9.78 Å². The van der Waals surface area contributed by atoms with Crippen molar-refractivity contribution in [1.82, 2.24) is 9.78 Å². The summed E-state index contributed by atoms with van der Waals surface area (Å²) in [7, 11) is 0. The molecule has 20 heavy (non-hydrogen) atoms. The first-order valence-corrected chi connectivity index (χ1v) is 6.68. The Morgan fingerprint density at radius 1 is 0.900 bits per heavy atom. The molecule has 2 aromatic carbocycles. The van der Waals surface area contributed by atoms with Gasteiger partial charge in [-0.15, -0.1) is 6.58 Å². The summed E-state index contributed by atoms with van der Waals surface area (Å²) in [6, 6.07) is 22.7. The van der Waals surface area contributed by atoms with Crippen molar-refractivity contribution in [3.05, 3.63) is 79.4 Å². The van der Waals surface area contributed by atoms with Crippen molar-refractivity contribution in [1.29, 1.82) is 0 Å². The van der Waals surface area contributed by atoms with Gasteiger partial charge in [0.1, 0.15) is 0 Å². The Morgan fingerprint density at radius 3 is 2.10 bits per heavy atom. The number of hydrogen-bond acceptors (Lipinski definition) is 1. The van der Waals surface area contributed by atoms with Crippen LogP contribution in [0, 0.1) is 0 Å². The summed E-state index contributed by atoms with van der Waals surface area (Å²) in [6.45, 7) is 4.52. The summed E-state index contributed by atoms with van der Waals surface area (Å²) < 4.78 is 1.99.